The summed E-state index contributed by atoms with van der Waals surface area (Å²) in [4.78, 5) is 0. The Balaban J connectivity index is 1.54. The summed E-state index contributed by atoms with van der Waals surface area (Å²) in [5, 5.41) is -0.444. The molecule has 2 aromatic carbocycles. The topological polar surface area (TPSA) is 46.6 Å². The first-order valence-corrected chi connectivity index (χ1v) is 12.1. The highest BCUT2D eigenvalue weighted by Gasteiger charge is 2.40. The van der Waals surface area contributed by atoms with Crippen LogP contribution in [-0.2, 0) is 26.7 Å². The lowest BCUT2D eigenvalue weighted by Gasteiger charge is -2.38. The molecule has 5 heteroatoms. The minimum atomic E-state index is -3.39. The van der Waals surface area contributed by atoms with Gasteiger partial charge in [0.25, 0.3) is 0 Å². The number of benzene rings is 2. The van der Waals surface area contributed by atoms with Crippen molar-refractivity contribution in [2.24, 2.45) is 0 Å². The van der Waals surface area contributed by atoms with Crippen molar-refractivity contribution in [3.63, 3.8) is 0 Å². The normalized spacial score (nSPS) is 26.8. The summed E-state index contributed by atoms with van der Waals surface area (Å²) in [6.45, 7) is 6.38. The van der Waals surface area contributed by atoms with Gasteiger partial charge in [0.2, 0.25) is 10.0 Å². The minimum absolute atomic E-state index is 0.0210. The Morgan fingerprint density at radius 3 is 2.31 bits per heavy atom. The van der Waals surface area contributed by atoms with Crippen LogP contribution in [0, 0.1) is 0 Å². The molecule has 2 saturated heterocycles. The SMILES string of the molecule is C[C@H]1CC[C@H](c2ccccc2)S(=O)(=O)N1Cc1ccc(C2(C)CCOCC2)cc1. The van der Waals surface area contributed by atoms with Gasteiger partial charge in [-0.15, -0.1) is 0 Å². The van der Waals surface area contributed by atoms with Crippen molar-refractivity contribution in [3.05, 3.63) is 71.3 Å². The number of nitrogens with zero attached hydrogens (tertiary/aromatic N) is 1. The third-order valence-corrected chi connectivity index (χ3v) is 9.15. The summed E-state index contributed by atoms with van der Waals surface area (Å²) in [5.41, 5.74) is 3.42. The van der Waals surface area contributed by atoms with Crippen LogP contribution >= 0.6 is 0 Å². The third kappa shape index (κ3) is 4.14. The summed E-state index contributed by atoms with van der Waals surface area (Å²) in [6.07, 6.45) is 3.63. The Labute approximate surface area is 174 Å². The van der Waals surface area contributed by atoms with E-state index < -0.39 is 15.3 Å². The van der Waals surface area contributed by atoms with Crippen LogP contribution in [0.4, 0.5) is 0 Å². The van der Waals surface area contributed by atoms with Gasteiger partial charge in [0, 0.05) is 25.8 Å². The first kappa shape index (κ1) is 20.6. The van der Waals surface area contributed by atoms with E-state index >= 15 is 0 Å². The van der Waals surface area contributed by atoms with E-state index in [2.05, 4.69) is 31.2 Å². The van der Waals surface area contributed by atoms with Crippen molar-refractivity contribution >= 4 is 10.0 Å². The van der Waals surface area contributed by atoms with E-state index in [0.717, 1.165) is 43.6 Å². The van der Waals surface area contributed by atoms with E-state index in [1.165, 1.54) is 5.56 Å². The molecule has 4 nitrogen and oxygen atoms in total. The van der Waals surface area contributed by atoms with Crippen LogP contribution in [-0.4, -0.2) is 32.0 Å². The van der Waals surface area contributed by atoms with Crippen molar-refractivity contribution < 1.29 is 13.2 Å². The Morgan fingerprint density at radius 2 is 1.66 bits per heavy atom. The molecule has 2 heterocycles. The van der Waals surface area contributed by atoms with Gasteiger partial charge >= 0.3 is 0 Å². The van der Waals surface area contributed by atoms with Crippen LogP contribution in [0.2, 0.25) is 0 Å². The summed E-state index contributed by atoms with van der Waals surface area (Å²) < 4.78 is 34.0. The fourth-order valence-corrected chi connectivity index (χ4v) is 6.85. The zero-order valence-corrected chi connectivity index (χ0v) is 18.2. The van der Waals surface area contributed by atoms with Crippen molar-refractivity contribution in [2.45, 2.75) is 62.8 Å². The van der Waals surface area contributed by atoms with Gasteiger partial charge in [-0.1, -0.05) is 61.5 Å². The van der Waals surface area contributed by atoms with Gasteiger partial charge in [-0.05, 0) is 54.7 Å². The predicted molar refractivity (Wildman–Crippen MR) is 116 cm³/mol. The molecular formula is C24H31NO3S. The Morgan fingerprint density at radius 1 is 1.00 bits per heavy atom. The second-order valence-electron chi connectivity index (χ2n) is 8.79. The molecule has 2 aliphatic rings. The van der Waals surface area contributed by atoms with E-state index in [4.69, 9.17) is 4.74 Å². The number of ether oxygens (including phenoxy) is 1. The van der Waals surface area contributed by atoms with Gasteiger partial charge in [-0.25, -0.2) is 8.42 Å². The standard InChI is InChI=1S/C24H31NO3S/c1-19-8-13-23(21-6-4-3-5-7-21)29(26,27)25(19)18-20-9-11-22(12-10-20)24(2)14-16-28-17-15-24/h3-7,9-12,19,23H,8,13-18H2,1-2H3/t19-,23+/m0/s1. The Kier molecular flexibility index (Phi) is 5.83. The highest BCUT2D eigenvalue weighted by Crippen LogP contribution is 2.38. The highest BCUT2D eigenvalue weighted by molar-refractivity contribution is 7.89. The van der Waals surface area contributed by atoms with Crippen LogP contribution in [0.3, 0.4) is 0 Å². The molecule has 4 rings (SSSR count). The van der Waals surface area contributed by atoms with Crippen molar-refractivity contribution in [2.75, 3.05) is 13.2 Å². The zero-order valence-electron chi connectivity index (χ0n) is 17.4. The summed E-state index contributed by atoms with van der Waals surface area (Å²) in [7, 11) is -3.39. The maximum absolute atomic E-state index is 13.4. The molecule has 0 saturated carbocycles. The molecule has 2 fully saturated rings. The molecule has 2 aliphatic heterocycles. The van der Waals surface area contributed by atoms with Gasteiger partial charge in [-0.2, -0.15) is 4.31 Å². The van der Waals surface area contributed by atoms with Crippen LogP contribution in [0.5, 0.6) is 0 Å². The van der Waals surface area contributed by atoms with E-state index in [-0.39, 0.29) is 11.5 Å². The monoisotopic (exact) mass is 413 g/mol. The summed E-state index contributed by atoms with van der Waals surface area (Å²) in [6, 6.07) is 18.2. The zero-order chi connectivity index (χ0) is 20.5. The van der Waals surface area contributed by atoms with Crippen LogP contribution in [0.25, 0.3) is 0 Å². The molecule has 0 N–H and O–H groups in total. The molecule has 29 heavy (non-hydrogen) atoms. The molecule has 0 radical (unpaired) electrons. The van der Waals surface area contributed by atoms with Crippen LogP contribution < -0.4 is 0 Å². The fraction of sp³-hybridized carbons (Fsp3) is 0.500. The summed E-state index contributed by atoms with van der Waals surface area (Å²) >= 11 is 0. The molecule has 0 bridgehead atoms. The molecule has 156 valence electrons. The van der Waals surface area contributed by atoms with Gasteiger partial charge in [0.15, 0.2) is 0 Å². The van der Waals surface area contributed by atoms with Gasteiger partial charge < -0.3 is 4.74 Å². The van der Waals surface area contributed by atoms with E-state index in [1.54, 1.807) is 4.31 Å². The van der Waals surface area contributed by atoms with E-state index in [0.29, 0.717) is 13.0 Å². The molecule has 0 aromatic heterocycles. The fourth-order valence-electron chi connectivity index (χ4n) is 4.65. The lowest BCUT2D eigenvalue weighted by atomic mass is 9.76. The first-order valence-electron chi connectivity index (χ1n) is 10.6. The lowest BCUT2D eigenvalue weighted by Crippen LogP contribution is -2.44. The highest BCUT2D eigenvalue weighted by atomic mass is 32.2. The molecular weight excluding hydrogens is 382 g/mol. The second kappa shape index (κ2) is 8.21. The largest absolute Gasteiger partial charge is 0.381 e. The molecule has 0 unspecified atom stereocenters. The summed E-state index contributed by atoms with van der Waals surface area (Å²) in [5.74, 6) is 0. The number of hydrogen-bond acceptors (Lipinski definition) is 3. The molecule has 0 spiro atoms. The predicted octanol–water partition coefficient (Wildman–Crippen LogP) is 4.81. The smallest absolute Gasteiger partial charge is 0.221 e. The Hall–Kier alpha value is -1.69. The number of sulfonamides is 1. The van der Waals surface area contributed by atoms with Crippen molar-refractivity contribution in [1.29, 1.82) is 0 Å². The van der Waals surface area contributed by atoms with Gasteiger partial charge in [0.05, 0.1) is 0 Å². The first-order chi connectivity index (χ1) is 13.9. The maximum Gasteiger partial charge on any atom is 0.221 e. The van der Waals surface area contributed by atoms with Crippen molar-refractivity contribution in [3.8, 4) is 0 Å². The maximum atomic E-state index is 13.4. The number of rotatable bonds is 4. The van der Waals surface area contributed by atoms with E-state index in [9.17, 15) is 8.42 Å². The van der Waals surface area contributed by atoms with Gasteiger partial charge in [0.1, 0.15) is 5.25 Å². The lowest BCUT2D eigenvalue weighted by molar-refractivity contribution is 0.0564. The molecule has 0 amide bonds. The van der Waals surface area contributed by atoms with E-state index in [1.807, 2.05) is 37.3 Å². The molecule has 0 aliphatic carbocycles. The third-order valence-electron chi connectivity index (χ3n) is 6.78. The minimum Gasteiger partial charge on any atom is -0.381 e. The second-order valence-corrected chi connectivity index (χ2v) is 10.9. The van der Waals surface area contributed by atoms with Gasteiger partial charge in [-0.3, -0.25) is 0 Å². The Bertz CT molecular complexity index is 918. The van der Waals surface area contributed by atoms with Crippen LogP contribution in [0.1, 0.15) is 61.5 Å². The molecule has 2 aromatic rings. The molecule has 2 atom stereocenters. The van der Waals surface area contributed by atoms with Crippen LogP contribution in [0.15, 0.2) is 54.6 Å². The van der Waals surface area contributed by atoms with Crippen molar-refractivity contribution in [1.82, 2.24) is 4.31 Å². The number of hydrogen-bond donors (Lipinski definition) is 0. The quantitative estimate of drug-likeness (QED) is 0.723. The average Bonchev–Trinajstić information content (AvgIpc) is 2.72. The average molecular weight is 414 g/mol.